The van der Waals surface area contributed by atoms with Crippen LogP contribution in [0.25, 0.3) is 0 Å². The van der Waals surface area contributed by atoms with Gasteiger partial charge in [-0.05, 0) is 48.8 Å². The molecule has 0 bridgehead atoms. The third kappa shape index (κ3) is 4.29. The summed E-state index contributed by atoms with van der Waals surface area (Å²) in [5, 5.41) is 12.0. The van der Waals surface area contributed by atoms with Crippen LogP contribution in [0, 0.1) is 0 Å². The second-order valence-corrected chi connectivity index (χ2v) is 5.22. The standard InChI is InChI=1S/C14H17NOS/c16-13(10-12-4-2-8-15-11-12)5-1-6-14-7-3-9-17-14/h2-4,7-9,11,13,16H,1,5-6,10H2. The van der Waals surface area contributed by atoms with Crippen LogP contribution in [0.3, 0.4) is 0 Å². The van der Waals surface area contributed by atoms with E-state index >= 15 is 0 Å². The van der Waals surface area contributed by atoms with Gasteiger partial charge in [-0.15, -0.1) is 11.3 Å². The first kappa shape index (κ1) is 12.3. The van der Waals surface area contributed by atoms with Crippen molar-refractivity contribution in [1.82, 2.24) is 4.98 Å². The van der Waals surface area contributed by atoms with Crippen LogP contribution in [-0.2, 0) is 12.8 Å². The molecule has 0 radical (unpaired) electrons. The molecule has 2 heterocycles. The molecular weight excluding hydrogens is 230 g/mol. The van der Waals surface area contributed by atoms with Crippen LogP contribution in [0.15, 0.2) is 42.0 Å². The largest absolute Gasteiger partial charge is 0.393 e. The highest BCUT2D eigenvalue weighted by Crippen LogP contribution is 2.14. The lowest BCUT2D eigenvalue weighted by Crippen LogP contribution is -2.10. The van der Waals surface area contributed by atoms with Crippen molar-refractivity contribution in [3.05, 3.63) is 52.5 Å². The Bertz CT molecular complexity index is 413. The molecule has 0 aromatic carbocycles. The molecule has 3 heteroatoms. The lowest BCUT2D eigenvalue weighted by Gasteiger charge is -2.09. The van der Waals surface area contributed by atoms with Crippen molar-refractivity contribution in [3.63, 3.8) is 0 Å². The number of thiophene rings is 1. The Morgan fingerprint density at radius 2 is 2.24 bits per heavy atom. The predicted octanol–water partition coefficient (Wildman–Crippen LogP) is 3.07. The third-order valence-corrected chi connectivity index (χ3v) is 3.67. The van der Waals surface area contributed by atoms with Gasteiger partial charge in [0.1, 0.15) is 0 Å². The summed E-state index contributed by atoms with van der Waals surface area (Å²) >= 11 is 1.79. The van der Waals surface area contributed by atoms with Crippen molar-refractivity contribution in [2.75, 3.05) is 0 Å². The van der Waals surface area contributed by atoms with E-state index in [1.807, 2.05) is 18.3 Å². The number of pyridine rings is 1. The van der Waals surface area contributed by atoms with Gasteiger partial charge in [-0.2, -0.15) is 0 Å². The average molecular weight is 247 g/mol. The molecule has 90 valence electrons. The first-order valence-electron chi connectivity index (χ1n) is 5.94. The Hall–Kier alpha value is -1.19. The quantitative estimate of drug-likeness (QED) is 0.851. The van der Waals surface area contributed by atoms with E-state index in [1.54, 1.807) is 17.5 Å². The Balaban J connectivity index is 1.69. The molecule has 17 heavy (non-hydrogen) atoms. The SMILES string of the molecule is OC(CCCc1cccs1)Cc1cccnc1. The summed E-state index contributed by atoms with van der Waals surface area (Å²) in [6.45, 7) is 0. The van der Waals surface area contributed by atoms with E-state index in [4.69, 9.17) is 0 Å². The fraction of sp³-hybridized carbons (Fsp3) is 0.357. The minimum atomic E-state index is -0.251. The van der Waals surface area contributed by atoms with Gasteiger partial charge in [-0.1, -0.05) is 12.1 Å². The predicted molar refractivity (Wildman–Crippen MR) is 71.2 cm³/mol. The van der Waals surface area contributed by atoms with Crippen LogP contribution in [0.4, 0.5) is 0 Å². The summed E-state index contributed by atoms with van der Waals surface area (Å²) in [5.41, 5.74) is 1.11. The summed E-state index contributed by atoms with van der Waals surface area (Å²) in [5.74, 6) is 0. The molecule has 0 fully saturated rings. The molecule has 2 aromatic heterocycles. The van der Waals surface area contributed by atoms with Crippen molar-refractivity contribution in [1.29, 1.82) is 0 Å². The lowest BCUT2D eigenvalue weighted by molar-refractivity contribution is 0.162. The fourth-order valence-corrected chi connectivity index (χ4v) is 2.61. The van der Waals surface area contributed by atoms with Crippen molar-refractivity contribution in [3.8, 4) is 0 Å². The molecule has 0 saturated carbocycles. The molecule has 1 N–H and O–H groups in total. The van der Waals surface area contributed by atoms with Gasteiger partial charge in [0, 0.05) is 17.3 Å². The zero-order valence-corrected chi connectivity index (χ0v) is 10.6. The second kappa shape index (κ2) is 6.52. The van der Waals surface area contributed by atoms with Crippen LogP contribution in [0.2, 0.25) is 0 Å². The molecule has 0 spiro atoms. The summed E-state index contributed by atoms with van der Waals surface area (Å²) in [7, 11) is 0. The maximum atomic E-state index is 9.91. The normalized spacial score (nSPS) is 12.5. The summed E-state index contributed by atoms with van der Waals surface area (Å²) < 4.78 is 0. The first-order valence-corrected chi connectivity index (χ1v) is 6.82. The van der Waals surface area contributed by atoms with E-state index in [0.717, 1.165) is 24.8 Å². The molecule has 0 aliphatic heterocycles. The number of rotatable bonds is 6. The molecule has 0 amide bonds. The molecule has 2 aromatic rings. The maximum absolute atomic E-state index is 9.91. The third-order valence-electron chi connectivity index (χ3n) is 2.73. The molecule has 0 saturated heterocycles. The zero-order valence-electron chi connectivity index (χ0n) is 9.75. The Kier molecular flexibility index (Phi) is 4.71. The van der Waals surface area contributed by atoms with Gasteiger partial charge in [0.25, 0.3) is 0 Å². The number of aromatic nitrogens is 1. The monoisotopic (exact) mass is 247 g/mol. The first-order chi connectivity index (χ1) is 8.34. The average Bonchev–Trinajstić information content (AvgIpc) is 2.83. The van der Waals surface area contributed by atoms with Gasteiger partial charge >= 0.3 is 0 Å². The lowest BCUT2D eigenvalue weighted by atomic mass is 10.0. The number of hydrogen-bond acceptors (Lipinski definition) is 3. The van der Waals surface area contributed by atoms with E-state index in [0.29, 0.717) is 6.42 Å². The highest BCUT2D eigenvalue weighted by atomic mass is 32.1. The summed E-state index contributed by atoms with van der Waals surface area (Å²) in [6, 6.07) is 8.15. The van der Waals surface area contributed by atoms with E-state index in [1.165, 1.54) is 4.88 Å². The highest BCUT2D eigenvalue weighted by molar-refractivity contribution is 7.09. The van der Waals surface area contributed by atoms with Crippen LogP contribution in [0.1, 0.15) is 23.3 Å². The molecule has 2 rings (SSSR count). The van der Waals surface area contributed by atoms with E-state index in [-0.39, 0.29) is 6.10 Å². The molecule has 1 unspecified atom stereocenters. The number of aliphatic hydroxyl groups excluding tert-OH is 1. The van der Waals surface area contributed by atoms with Gasteiger partial charge in [0.15, 0.2) is 0 Å². The Morgan fingerprint density at radius 1 is 1.29 bits per heavy atom. The van der Waals surface area contributed by atoms with E-state index < -0.39 is 0 Å². The van der Waals surface area contributed by atoms with Gasteiger partial charge in [0.2, 0.25) is 0 Å². The number of aliphatic hydroxyl groups is 1. The van der Waals surface area contributed by atoms with Crippen molar-refractivity contribution in [2.45, 2.75) is 31.8 Å². The Morgan fingerprint density at radius 3 is 2.94 bits per heavy atom. The zero-order chi connectivity index (χ0) is 11.9. The maximum Gasteiger partial charge on any atom is 0.0581 e. The van der Waals surface area contributed by atoms with Gasteiger partial charge in [0.05, 0.1) is 6.10 Å². The number of nitrogens with zero attached hydrogens (tertiary/aromatic N) is 1. The van der Waals surface area contributed by atoms with Crippen LogP contribution in [0.5, 0.6) is 0 Å². The second-order valence-electron chi connectivity index (χ2n) is 4.19. The Labute approximate surface area is 106 Å². The molecule has 2 nitrogen and oxygen atoms in total. The topological polar surface area (TPSA) is 33.1 Å². The van der Waals surface area contributed by atoms with Crippen molar-refractivity contribution < 1.29 is 5.11 Å². The minimum Gasteiger partial charge on any atom is -0.393 e. The van der Waals surface area contributed by atoms with Crippen molar-refractivity contribution in [2.24, 2.45) is 0 Å². The smallest absolute Gasteiger partial charge is 0.0581 e. The van der Waals surface area contributed by atoms with E-state index in [2.05, 4.69) is 22.5 Å². The molecule has 1 atom stereocenters. The highest BCUT2D eigenvalue weighted by Gasteiger charge is 2.05. The van der Waals surface area contributed by atoms with Crippen LogP contribution in [-0.4, -0.2) is 16.2 Å². The molecule has 0 aliphatic carbocycles. The molecule has 0 aliphatic rings. The van der Waals surface area contributed by atoms with Crippen molar-refractivity contribution >= 4 is 11.3 Å². The van der Waals surface area contributed by atoms with Gasteiger partial charge in [-0.3, -0.25) is 4.98 Å². The fourth-order valence-electron chi connectivity index (χ4n) is 1.86. The van der Waals surface area contributed by atoms with Crippen LogP contribution >= 0.6 is 11.3 Å². The molecular formula is C14H17NOS. The summed E-state index contributed by atoms with van der Waals surface area (Å²) in [4.78, 5) is 5.45. The number of aryl methyl sites for hydroxylation is 1. The number of hydrogen-bond donors (Lipinski definition) is 1. The van der Waals surface area contributed by atoms with Crippen LogP contribution < -0.4 is 0 Å². The van der Waals surface area contributed by atoms with Gasteiger partial charge < -0.3 is 5.11 Å². The minimum absolute atomic E-state index is 0.251. The van der Waals surface area contributed by atoms with E-state index in [9.17, 15) is 5.11 Å². The van der Waals surface area contributed by atoms with Gasteiger partial charge in [-0.25, -0.2) is 0 Å². The summed E-state index contributed by atoms with van der Waals surface area (Å²) in [6.07, 6.45) is 7.00.